The van der Waals surface area contributed by atoms with Crippen LogP contribution in [0.25, 0.3) is 0 Å². The molecule has 1 aromatic heterocycles. The molecule has 0 radical (unpaired) electrons. The van der Waals surface area contributed by atoms with E-state index in [0.717, 1.165) is 5.76 Å². The van der Waals surface area contributed by atoms with Crippen LogP contribution in [0.15, 0.2) is 22.8 Å². The second kappa shape index (κ2) is 5.32. The van der Waals surface area contributed by atoms with Gasteiger partial charge in [-0.05, 0) is 18.6 Å². The number of hydrogen-bond donors (Lipinski definition) is 1. The Morgan fingerprint density at radius 1 is 1.67 bits per heavy atom. The zero-order valence-electron chi connectivity index (χ0n) is 10.1. The summed E-state index contributed by atoms with van der Waals surface area (Å²) in [7, 11) is 1.39. The highest BCUT2D eigenvalue weighted by atomic mass is 16.5. The summed E-state index contributed by atoms with van der Waals surface area (Å²) in [5.41, 5.74) is 5.75. The topological polar surface area (TPSA) is 85.8 Å². The molecule has 1 aliphatic heterocycles. The van der Waals surface area contributed by atoms with Crippen LogP contribution in [0.5, 0.6) is 0 Å². The molecule has 3 unspecified atom stereocenters. The Morgan fingerprint density at radius 2 is 2.44 bits per heavy atom. The number of carbonyl (C=O) groups excluding carboxylic acids is 2. The molecule has 1 saturated heterocycles. The largest absolute Gasteiger partial charge is 0.469 e. The third-order valence-electron chi connectivity index (χ3n) is 3.21. The van der Waals surface area contributed by atoms with Gasteiger partial charge in [0.25, 0.3) is 0 Å². The number of β-lactam (4-membered cyclic amide) rings is 1. The number of nitrogens with two attached hydrogens (primary N) is 1. The summed E-state index contributed by atoms with van der Waals surface area (Å²) in [6.45, 7) is 0. The standard InChI is InChI=1S/C12H16N2O4/c1-17-10(7-15)14-9(11(13)12(14)16)5-4-8-3-2-6-18-8/h2-3,6-7,9-11H,4-5,13H2,1H3. The number of carbonyl (C=O) groups is 2. The van der Waals surface area contributed by atoms with Crippen LogP contribution < -0.4 is 5.73 Å². The van der Waals surface area contributed by atoms with Crippen LogP contribution >= 0.6 is 0 Å². The third kappa shape index (κ3) is 2.16. The molecule has 2 N–H and O–H groups in total. The van der Waals surface area contributed by atoms with Gasteiger partial charge in [-0.25, -0.2) is 0 Å². The molecule has 0 spiro atoms. The predicted molar refractivity (Wildman–Crippen MR) is 62.5 cm³/mol. The van der Waals surface area contributed by atoms with E-state index in [0.29, 0.717) is 19.1 Å². The summed E-state index contributed by atoms with van der Waals surface area (Å²) in [4.78, 5) is 23.8. The Bertz CT molecular complexity index is 418. The van der Waals surface area contributed by atoms with Crippen LogP contribution in [0.2, 0.25) is 0 Å². The Kier molecular flexibility index (Phi) is 3.78. The highest BCUT2D eigenvalue weighted by molar-refractivity contribution is 5.91. The first-order valence-corrected chi connectivity index (χ1v) is 5.77. The van der Waals surface area contributed by atoms with Gasteiger partial charge in [-0.3, -0.25) is 9.59 Å². The maximum Gasteiger partial charge on any atom is 0.244 e. The van der Waals surface area contributed by atoms with Crippen LogP contribution in [0.3, 0.4) is 0 Å². The molecule has 1 aromatic rings. The number of likely N-dealkylation sites (tertiary alicyclic amines) is 1. The molecule has 0 aromatic carbocycles. The lowest BCUT2D eigenvalue weighted by Gasteiger charge is -2.47. The van der Waals surface area contributed by atoms with Crippen molar-refractivity contribution in [3.05, 3.63) is 24.2 Å². The molecule has 6 nitrogen and oxygen atoms in total. The van der Waals surface area contributed by atoms with E-state index in [1.807, 2.05) is 12.1 Å². The number of ether oxygens (including phenoxy) is 1. The van der Waals surface area contributed by atoms with E-state index in [9.17, 15) is 9.59 Å². The van der Waals surface area contributed by atoms with Gasteiger partial charge in [0.05, 0.1) is 12.3 Å². The fourth-order valence-electron chi connectivity index (χ4n) is 2.20. The number of furan rings is 1. The fourth-order valence-corrected chi connectivity index (χ4v) is 2.20. The summed E-state index contributed by atoms with van der Waals surface area (Å²) < 4.78 is 10.2. The van der Waals surface area contributed by atoms with Gasteiger partial charge in [0.1, 0.15) is 11.8 Å². The molecule has 2 rings (SSSR count). The van der Waals surface area contributed by atoms with Crippen molar-refractivity contribution in [3.8, 4) is 0 Å². The molecular weight excluding hydrogens is 236 g/mol. The number of nitrogens with zero attached hydrogens (tertiary/aromatic N) is 1. The van der Waals surface area contributed by atoms with Gasteiger partial charge < -0.3 is 19.8 Å². The van der Waals surface area contributed by atoms with Crippen molar-refractivity contribution in [2.75, 3.05) is 7.11 Å². The molecule has 1 amide bonds. The summed E-state index contributed by atoms with van der Waals surface area (Å²) in [5.74, 6) is 0.583. The molecule has 6 heteroatoms. The van der Waals surface area contributed by atoms with Crippen molar-refractivity contribution in [1.82, 2.24) is 4.90 Å². The van der Waals surface area contributed by atoms with Gasteiger partial charge >= 0.3 is 0 Å². The minimum absolute atomic E-state index is 0.183. The zero-order chi connectivity index (χ0) is 13.1. The molecular formula is C12H16N2O4. The van der Waals surface area contributed by atoms with Gasteiger partial charge in [0.2, 0.25) is 5.91 Å². The lowest BCUT2D eigenvalue weighted by molar-refractivity contribution is -0.172. The molecule has 18 heavy (non-hydrogen) atoms. The van der Waals surface area contributed by atoms with Crippen molar-refractivity contribution < 1.29 is 18.7 Å². The number of hydrogen-bond acceptors (Lipinski definition) is 5. The van der Waals surface area contributed by atoms with Crippen LogP contribution in [0, 0.1) is 0 Å². The minimum Gasteiger partial charge on any atom is -0.469 e. The maximum atomic E-state index is 11.6. The second-order valence-electron chi connectivity index (χ2n) is 4.22. The lowest BCUT2D eigenvalue weighted by Crippen LogP contribution is -2.71. The van der Waals surface area contributed by atoms with E-state index in [2.05, 4.69) is 0 Å². The van der Waals surface area contributed by atoms with Crippen molar-refractivity contribution in [1.29, 1.82) is 0 Å². The number of amides is 1. The maximum absolute atomic E-state index is 11.6. The Hall–Kier alpha value is -1.66. The van der Waals surface area contributed by atoms with Gasteiger partial charge in [0, 0.05) is 13.5 Å². The summed E-state index contributed by atoms with van der Waals surface area (Å²) in [5, 5.41) is 0. The number of methoxy groups -OCH3 is 1. The quantitative estimate of drug-likeness (QED) is 0.565. The SMILES string of the molecule is COC(C=O)N1C(=O)C(N)C1CCc1ccco1. The molecule has 0 bridgehead atoms. The Labute approximate surface area is 105 Å². The number of aldehydes is 1. The summed E-state index contributed by atoms with van der Waals surface area (Å²) in [6, 6.07) is 2.93. The van der Waals surface area contributed by atoms with E-state index >= 15 is 0 Å². The van der Waals surface area contributed by atoms with Gasteiger partial charge in [-0.2, -0.15) is 0 Å². The van der Waals surface area contributed by atoms with Crippen LogP contribution in [0.1, 0.15) is 12.2 Å². The molecule has 1 fully saturated rings. The second-order valence-corrected chi connectivity index (χ2v) is 4.22. The lowest BCUT2D eigenvalue weighted by atomic mass is 9.91. The monoisotopic (exact) mass is 252 g/mol. The van der Waals surface area contributed by atoms with Gasteiger partial charge in [0.15, 0.2) is 12.5 Å². The van der Waals surface area contributed by atoms with E-state index in [1.54, 1.807) is 6.26 Å². The van der Waals surface area contributed by atoms with E-state index in [4.69, 9.17) is 14.9 Å². The zero-order valence-corrected chi connectivity index (χ0v) is 10.1. The van der Waals surface area contributed by atoms with Gasteiger partial charge in [-0.15, -0.1) is 0 Å². The predicted octanol–water partition coefficient (Wildman–Crippen LogP) is -0.0783. The van der Waals surface area contributed by atoms with E-state index in [-0.39, 0.29) is 11.9 Å². The van der Waals surface area contributed by atoms with E-state index < -0.39 is 12.3 Å². The Balaban J connectivity index is 1.97. The number of rotatable bonds is 6. The molecule has 98 valence electrons. The van der Waals surface area contributed by atoms with Crippen molar-refractivity contribution in [2.24, 2.45) is 5.73 Å². The van der Waals surface area contributed by atoms with Crippen LogP contribution in [-0.4, -0.2) is 42.5 Å². The molecule has 0 saturated carbocycles. The fraction of sp³-hybridized carbons (Fsp3) is 0.500. The number of aryl methyl sites for hydroxylation is 1. The first-order chi connectivity index (χ1) is 8.69. The van der Waals surface area contributed by atoms with Crippen molar-refractivity contribution in [3.63, 3.8) is 0 Å². The average Bonchev–Trinajstić information content (AvgIpc) is 2.90. The Morgan fingerprint density at radius 3 is 3.00 bits per heavy atom. The smallest absolute Gasteiger partial charge is 0.244 e. The van der Waals surface area contributed by atoms with E-state index in [1.165, 1.54) is 12.0 Å². The summed E-state index contributed by atoms with van der Waals surface area (Å²) >= 11 is 0. The van der Waals surface area contributed by atoms with Gasteiger partial charge in [-0.1, -0.05) is 0 Å². The van der Waals surface area contributed by atoms with Crippen LogP contribution in [-0.2, 0) is 20.7 Å². The minimum atomic E-state index is -0.848. The molecule has 1 aliphatic rings. The molecule has 0 aliphatic carbocycles. The average molecular weight is 252 g/mol. The highest BCUT2D eigenvalue weighted by Gasteiger charge is 2.48. The summed E-state index contributed by atoms with van der Waals surface area (Å²) in [6.07, 6.45) is 2.67. The highest BCUT2D eigenvalue weighted by Crippen LogP contribution is 2.25. The first-order valence-electron chi connectivity index (χ1n) is 5.77. The first kappa shape index (κ1) is 12.8. The normalized spacial score (nSPS) is 24.8. The molecule has 3 atom stereocenters. The van der Waals surface area contributed by atoms with Crippen LogP contribution in [0.4, 0.5) is 0 Å². The van der Waals surface area contributed by atoms with Crippen molar-refractivity contribution in [2.45, 2.75) is 31.2 Å². The molecule has 2 heterocycles. The third-order valence-corrected chi connectivity index (χ3v) is 3.21. The van der Waals surface area contributed by atoms with Crippen molar-refractivity contribution >= 4 is 12.2 Å².